The number of carboxylic acids is 1. The molecule has 0 unspecified atom stereocenters. The smallest absolute Gasteiger partial charge is 0.408 e. The highest BCUT2D eigenvalue weighted by atomic mass is 32.2. The molecule has 2 rings (SSSR count). The molecule has 0 bridgehead atoms. The number of ether oxygens (including phenoxy) is 1. The van der Waals surface area contributed by atoms with E-state index in [2.05, 4.69) is 11.9 Å². The van der Waals surface area contributed by atoms with Crippen LogP contribution in [0.5, 0.6) is 0 Å². The van der Waals surface area contributed by atoms with Crippen molar-refractivity contribution in [2.24, 2.45) is 5.92 Å². The van der Waals surface area contributed by atoms with Crippen molar-refractivity contribution >= 4 is 43.9 Å². The summed E-state index contributed by atoms with van der Waals surface area (Å²) in [6.45, 7) is 8.71. The average molecular weight is 690 g/mol. The number of nitrogens with one attached hydrogen (secondary N) is 3. The van der Waals surface area contributed by atoms with Gasteiger partial charge in [0.05, 0.1) is 4.92 Å². The lowest BCUT2D eigenvalue weighted by Gasteiger charge is -2.24. The van der Waals surface area contributed by atoms with Gasteiger partial charge < -0.3 is 15.2 Å². The second-order valence-corrected chi connectivity index (χ2v) is 15.5. The predicted molar refractivity (Wildman–Crippen MR) is 167 cm³/mol. The van der Waals surface area contributed by atoms with Crippen molar-refractivity contribution < 1.29 is 46.0 Å². The Hall–Kier alpha value is -3.61. The summed E-state index contributed by atoms with van der Waals surface area (Å²) in [6, 6.07) is 3.17. The molecule has 1 aliphatic rings. The van der Waals surface area contributed by atoms with Crippen LogP contribution in [0, 0.1) is 16.0 Å². The number of nitro benzene ring substituents is 1. The molecule has 3 atom stereocenters. The number of carbonyl (C=O) groups excluding carboxylic acids is 2. The van der Waals surface area contributed by atoms with Crippen molar-refractivity contribution in [2.45, 2.75) is 94.2 Å². The molecule has 0 spiro atoms. The first-order valence-electron chi connectivity index (χ1n) is 14.7. The summed E-state index contributed by atoms with van der Waals surface area (Å²) in [5.74, 6) is -2.76. The number of carbonyl (C=O) groups is 3. The number of nitro groups is 1. The number of hydrogen-bond acceptors (Lipinski definition) is 10. The van der Waals surface area contributed by atoms with Crippen LogP contribution in [-0.2, 0) is 34.6 Å². The molecule has 4 N–H and O–H groups in total. The Morgan fingerprint density at radius 3 is 2.26 bits per heavy atom. The van der Waals surface area contributed by atoms with Crippen LogP contribution in [-0.4, -0.2) is 79.9 Å². The van der Waals surface area contributed by atoms with Crippen molar-refractivity contribution in [1.82, 2.24) is 19.1 Å². The monoisotopic (exact) mass is 689 g/mol. The highest BCUT2D eigenvalue weighted by molar-refractivity contribution is 7.89. The van der Waals surface area contributed by atoms with Gasteiger partial charge in [0, 0.05) is 25.6 Å². The van der Waals surface area contributed by atoms with Gasteiger partial charge in [-0.3, -0.25) is 19.7 Å². The molecule has 0 radical (unpaired) electrons. The van der Waals surface area contributed by atoms with Gasteiger partial charge in [-0.15, -0.1) is 6.58 Å². The first kappa shape index (κ1) is 38.6. The summed E-state index contributed by atoms with van der Waals surface area (Å²) in [6.07, 6.45) is 4.13. The first-order chi connectivity index (χ1) is 21.3. The second kappa shape index (κ2) is 15.8. The van der Waals surface area contributed by atoms with Crippen molar-refractivity contribution in [2.75, 3.05) is 13.6 Å². The zero-order chi connectivity index (χ0) is 34.9. The summed E-state index contributed by atoms with van der Waals surface area (Å²) < 4.78 is 61.2. The average Bonchev–Trinajstić information content (AvgIpc) is 3.66. The number of unbranched alkanes of at least 4 members (excludes halogenated alkanes) is 5. The number of hydrogen-bond donors (Lipinski definition) is 4. The standard InChI is InChI=1S/C28H43N5O11S2/c1-6-20-19-28(20,29-26(37)44-27(2,3)4)25(36)31-46(42,43)32(5)18-14-10-8-7-9-11-15-21(24(34)35)30-45(40,41)23-17-13-12-16-22(23)33(38)39/h6,12-13,16-17,20-21,30H,1,7-11,14-15,18-19H2,2-5H3,(H,29,37)(H,31,36)(H,34,35)/t20-,21+,28-/m1/s1. The van der Waals surface area contributed by atoms with Gasteiger partial charge in [-0.25, -0.2) is 17.9 Å². The van der Waals surface area contributed by atoms with Gasteiger partial charge in [-0.2, -0.15) is 17.4 Å². The number of rotatable bonds is 19. The van der Waals surface area contributed by atoms with E-state index < -0.39 is 76.8 Å². The van der Waals surface area contributed by atoms with E-state index in [9.17, 15) is 46.4 Å². The molecule has 2 amide bonds. The minimum Gasteiger partial charge on any atom is -0.480 e. The number of aliphatic carboxylic acids is 1. The van der Waals surface area contributed by atoms with Crippen molar-refractivity contribution in [3.8, 4) is 0 Å². The van der Waals surface area contributed by atoms with Crippen LogP contribution in [0.3, 0.4) is 0 Å². The first-order valence-corrected chi connectivity index (χ1v) is 17.6. The van der Waals surface area contributed by atoms with Crippen LogP contribution in [0.1, 0.15) is 72.1 Å². The molecule has 0 heterocycles. The zero-order valence-corrected chi connectivity index (χ0v) is 28.0. The fraction of sp³-hybridized carbons (Fsp3) is 0.607. The SMILES string of the molecule is C=C[C@@H]1C[C@]1(NC(=O)OC(C)(C)C)C(=O)NS(=O)(=O)N(C)CCCCCCCC[C@H](NS(=O)(=O)c1ccccc1[N+](=O)[O-])C(=O)O. The number of carboxylic acid groups (broad SMARTS) is 1. The molecule has 1 fully saturated rings. The van der Waals surface area contributed by atoms with Crippen LogP contribution in [0.25, 0.3) is 0 Å². The molecule has 16 nitrogen and oxygen atoms in total. The van der Waals surface area contributed by atoms with Gasteiger partial charge in [-0.05, 0) is 46.1 Å². The third kappa shape index (κ3) is 11.0. The number of nitrogens with zero attached hydrogens (tertiary/aromatic N) is 2. The van der Waals surface area contributed by atoms with Gasteiger partial charge in [0.15, 0.2) is 4.90 Å². The van der Waals surface area contributed by atoms with Crippen LogP contribution < -0.4 is 14.8 Å². The quantitative estimate of drug-likeness (QED) is 0.0714. The number of amides is 2. The van der Waals surface area contributed by atoms with Gasteiger partial charge in [0.2, 0.25) is 10.0 Å². The lowest BCUT2D eigenvalue weighted by molar-refractivity contribution is -0.387. The zero-order valence-electron chi connectivity index (χ0n) is 26.4. The molecule has 1 aromatic rings. The maximum absolute atomic E-state index is 12.9. The molecule has 1 aliphatic carbocycles. The minimum absolute atomic E-state index is 0.0349. The summed E-state index contributed by atoms with van der Waals surface area (Å²) in [4.78, 5) is 46.6. The second-order valence-electron chi connectivity index (χ2n) is 12.0. The molecular formula is C28H43N5O11S2. The minimum atomic E-state index is -4.46. The topological polar surface area (TPSA) is 231 Å². The van der Waals surface area contributed by atoms with Gasteiger partial charge in [0.25, 0.3) is 11.6 Å². The maximum Gasteiger partial charge on any atom is 0.408 e. The lowest BCUT2D eigenvalue weighted by Crippen LogP contribution is -2.54. The Morgan fingerprint density at radius 2 is 1.72 bits per heavy atom. The summed E-state index contributed by atoms with van der Waals surface area (Å²) in [7, 11) is -7.36. The van der Waals surface area contributed by atoms with Crippen LogP contribution in [0.4, 0.5) is 10.5 Å². The van der Waals surface area contributed by atoms with E-state index in [0.29, 0.717) is 38.5 Å². The number of para-hydroxylation sites is 1. The predicted octanol–water partition coefficient (Wildman–Crippen LogP) is 2.82. The summed E-state index contributed by atoms with van der Waals surface area (Å²) in [5.41, 5.74) is -2.95. The molecule has 46 heavy (non-hydrogen) atoms. The van der Waals surface area contributed by atoms with Crippen molar-refractivity contribution in [1.29, 1.82) is 0 Å². The molecule has 18 heteroatoms. The number of alkyl carbamates (subject to hydrolysis) is 1. The fourth-order valence-electron chi connectivity index (χ4n) is 4.63. The highest BCUT2D eigenvalue weighted by Crippen LogP contribution is 2.45. The van der Waals surface area contributed by atoms with E-state index >= 15 is 0 Å². The third-order valence-corrected chi connectivity index (χ3v) is 10.2. The van der Waals surface area contributed by atoms with Gasteiger partial charge >= 0.3 is 22.3 Å². The largest absolute Gasteiger partial charge is 0.480 e. The summed E-state index contributed by atoms with van der Waals surface area (Å²) >= 11 is 0. The molecule has 258 valence electrons. The number of benzene rings is 1. The molecule has 1 saturated carbocycles. The molecule has 1 aromatic carbocycles. The van der Waals surface area contributed by atoms with Crippen LogP contribution >= 0.6 is 0 Å². The molecule has 0 aliphatic heterocycles. The summed E-state index contributed by atoms with van der Waals surface area (Å²) in [5, 5.41) is 23.2. The molecule has 0 aromatic heterocycles. The Morgan fingerprint density at radius 1 is 1.13 bits per heavy atom. The van der Waals surface area contributed by atoms with Crippen molar-refractivity contribution in [3.63, 3.8) is 0 Å². The Balaban J connectivity index is 1.77. The molecular weight excluding hydrogens is 646 g/mol. The Kier molecular flexibility index (Phi) is 13.2. The normalized spacial score (nSPS) is 18.8. The van der Waals surface area contributed by atoms with Gasteiger partial charge in [0.1, 0.15) is 17.2 Å². The van der Waals surface area contributed by atoms with E-state index in [1.165, 1.54) is 25.3 Å². The Bertz CT molecular complexity index is 1510. The van der Waals surface area contributed by atoms with Gasteiger partial charge in [-0.1, -0.05) is 50.3 Å². The van der Waals surface area contributed by atoms with E-state index in [1.54, 1.807) is 20.8 Å². The lowest BCUT2D eigenvalue weighted by atomic mass is 10.1. The number of sulfonamides is 1. The van der Waals surface area contributed by atoms with Crippen LogP contribution in [0.15, 0.2) is 41.8 Å². The van der Waals surface area contributed by atoms with E-state index in [-0.39, 0.29) is 19.4 Å². The highest BCUT2D eigenvalue weighted by Gasteiger charge is 2.61. The third-order valence-electron chi connectivity index (χ3n) is 7.22. The van der Waals surface area contributed by atoms with E-state index in [1.807, 2.05) is 9.44 Å². The Labute approximate surface area is 269 Å². The fourth-order valence-corrected chi connectivity index (χ4v) is 6.97. The van der Waals surface area contributed by atoms with E-state index in [0.717, 1.165) is 16.4 Å². The maximum atomic E-state index is 12.9. The van der Waals surface area contributed by atoms with E-state index in [4.69, 9.17) is 4.74 Å². The van der Waals surface area contributed by atoms with Crippen LogP contribution in [0.2, 0.25) is 0 Å². The molecule has 0 saturated heterocycles. The van der Waals surface area contributed by atoms with Crippen molar-refractivity contribution in [3.05, 3.63) is 47.0 Å².